The van der Waals surface area contributed by atoms with Crippen molar-refractivity contribution in [3.63, 3.8) is 0 Å². The Hall–Kier alpha value is -1.27. The molecule has 1 heterocycles. The summed E-state index contributed by atoms with van der Waals surface area (Å²) in [4.78, 5) is 0. The molecule has 1 aliphatic rings. The normalized spacial score (nSPS) is 15.4. The number of nitrogens with zero attached hydrogens (tertiary/aromatic N) is 3. The van der Waals surface area contributed by atoms with Crippen LogP contribution in [0.5, 0.6) is 0 Å². The zero-order chi connectivity index (χ0) is 12.5. The maximum atomic E-state index is 5.18. The number of aromatic nitrogens is 3. The third-order valence-electron chi connectivity index (χ3n) is 2.81. The van der Waals surface area contributed by atoms with Crippen LogP contribution < -0.4 is 0 Å². The van der Waals surface area contributed by atoms with Crippen LogP contribution in [-0.2, 0) is 0 Å². The van der Waals surface area contributed by atoms with Crippen molar-refractivity contribution in [1.29, 1.82) is 0 Å². The van der Waals surface area contributed by atoms with Gasteiger partial charge in [-0.05, 0) is 42.8 Å². The van der Waals surface area contributed by atoms with Gasteiger partial charge in [-0.3, -0.25) is 5.10 Å². The Kier molecular flexibility index (Phi) is 3.13. The minimum atomic E-state index is 0.514. The van der Waals surface area contributed by atoms with E-state index in [-0.39, 0.29) is 0 Å². The van der Waals surface area contributed by atoms with E-state index in [1.54, 1.807) is 10.9 Å². The maximum Gasteiger partial charge on any atom is 0.216 e. The number of nitrogens with one attached hydrogen (secondary N) is 1. The van der Waals surface area contributed by atoms with Crippen molar-refractivity contribution in [2.45, 2.75) is 18.8 Å². The fourth-order valence-corrected chi connectivity index (χ4v) is 2.15. The first-order valence-corrected chi connectivity index (χ1v) is 6.91. The molecule has 1 fully saturated rings. The first-order valence-electron chi connectivity index (χ1n) is 5.71. The van der Waals surface area contributed by atoms with E-state index in [9.17, 15) is 0 Å². The van der Waals surface area contributed by atoms with E-state index in [1.807, 2.05) is 24.3 Å². The number of hydrogen-bond acceptors (Lipinski definition) is 3. The molecule has 1 N–H and O–H groups in total. The van der Waals surface area contributed by atoms with Crippen molar-refractivity contribution >= 4 is 34.4 Å². The second-order valence-electron chi connectivity index (χ2n) is 4.27. The Balaban J connectivity index is 1.89. The Bertz CT molecular complexity index is 637. The average Bonchev–Trinajstić information content (AvgIpc) is 3.14. The van der Waals surface area contributed by atoms with Crippen molar-refractivity contribution in [3.05, 3.63) is 44.9 Å². The number of benzene rings is 1. The minimum absolute atomic E-state index is 0.514. The summed E-state index contributed by atoms with van der Waals surface area (Å²) in [6, 6.07) is 7.96. The molecule has 18 heavy (non-hydrogen) atoms. The molecule has 0 aliphatic heterocycles. The third kappa shape index (κ3) is 2.44. The van der Waals surface area contributed by atoms with Crippen LogP contribution in [0, 0.1) is 4.77 Å². The summed E-state index contributed by atoms with van der Waals surface area (Å²) in [6.45, 7) is 0. The summed E-state index contributed by atoms with van der Waals surface area (Å²) >= 11 is 8.58. The van der Waals surface area contributed by atoms with Crippen molar-refractivity contribution in [2.75, 3.05) is 0 Å². The highest BCUT2D eigenvalue weighted by atomic mass is 79.9. The lowest BCUT2D eigenvalue weighted by Gasteiger charge is -1.98. The summed E-state index contributed by atoms with van der Waals surface area (Å²) in [6.07, 6.45) is 4.14. The van der Waals surface area contributed by atoms with E-state index >= 15 is 0 Å². The molecule has 0 radical (unpaired) electrons. The number of halogens is 1. The summed E-state index contributed by atoms with van der Waals surface area (Å²) in [7, 11) is 0. The van der Waals surface area contributed by atoms with Crippen LogP contribution in [0.15, 0.2) is 33.8 Å². The molecule has 1 aliphatic carbocycles. The van der Waals surface area contributed by atoms with Crippen molar-refractivity contribution in [1.82, 2.24) is 14.9 Å². The van der Waals surface area contributed by atoms with E-state index in [0.29, 0.717) is 10.7 Å². The molecule has 4 nitrogen and oxygen atoms in total. The first kappa shape index (κ1) is 11.8. The molecule has 92 valence electrons. The highest BCUT2D eigenvalue weighted by molar-refractivity contribution is 9.10. The molecule has 0 amide bonds. The SMILES string of the molecule is S=c1[nH]nc(C2CC2)n1/N=C\c1ccc(Br)cc1. The van der Waals surface area contributed by atoms with Crippen LogP contribution in [-0.4, -0.2) is 21.1 Å². The Morgan fingerprint density at radius 3 is 2.78 bits per heavy atom. The predicted octanol–water partition coefficient (Wildman–Crippen LogP) is 3.46. The van der Waals surface area contributed by atoms with Gasteiger partial charge in [0.25, 0.3) is 0 Å². The van der Waals surface area contributed by atoms with Gasteiger partial charge in [-0.15, -0.1) is 0 Å². The highest BCUT2D eigenvalue weighted by Crippen LogP contribution is 2.38. The van der Waals surface area contributed by atoms with E-state index in [1.165, 1.54) is 12.8 Å². The molecule has 1 aromatic heterocycles. The van der Waals surface area contributed by atoms with Crippen LogP contribution in [0.1, 0.15) is 30.1 Å². The van der Waals surface area contributed by atoms with Crippen LogP contribution in [0.4, 0.5) is 0 Å². The topological polar surface area (TPSA) is 46.0 Å². The number of H-pyrrole nitrogens is 1. The lowest BCUT2D eigenvalue weighted by atomic mass is 10.2. The predicted molar refractivity (Wildman–Crippen MR) is 76.5 cm³/mol. The third-order valence-corrected chi connectivity index (χ3v) is 3.60. The summed E-state index contributed by atoms with van der Waals surface area (Å²) < 4.78 is 3.32. The van der Waals surface area contributed by atoms with Crippen LogP contribution in [0.2, 0.25) is 0 Å². The fraction of sp³-hybridized carbons (Fsp3) is 0.250. The van der Waals surface area contributed by atoms with E-state index in [2.05, 4.69) is 31.2 Å². The van der Waals surface area contributed by atoms with Gasteiger partial charge >= 0.3 is 0 Å². The summed E-state index contributed by atoms with van der Waals surface area (Å²) in [5.74, 6) is 1.45. The Labute approximate surface area is 118 Å². The molecule has 0 atom stereocenters. The van der Waals surface area contributed by atoms with E-state index in [0.717, 1.165) is 15.9 Å². The van der Waals surface area contributed by atoms with Gasteiger partial charge < -0.3 is 0 Å². The lowest BCUT2D eigenvalue weighted by molar-refractivity contribution is 0.773. The lowest BCUT2D eigenvalue weighted by Crippen LogP contribution is -1.97. The molecule has 0 bridgehead atoms. The highest BCUT2D eigenvalue weighted by Gasteiger charge is 2.29. The zero-order valence-corrected chi connectivity index (χ0v) is 11.9. The monoisotopic (exact) mass is 322 g/mol. The van der Waals surface area contributed by atoms with Gasteiger partial charge in [-0.1, -0.05) is 28.1 Å². The minimum Gasteiger partial charge on any atom is -0.250 e. The van der Waals surface area contributed by atoms with Gasteiger partial charge in [0.2, 0.25) is 4.77 Å². The fourth-order valence-electron chi connectivity index (χ4n) is 1.69. The van der Waals surface area contributed by atoms with Gasteiger partial charge in [0.1, 0.15) is 0 Å². The van der Waals surface area contributed by atoms with Gasteiger partial charge in [0.05, 0.1) is 6.21 Å². The van der Waals surface area contributed by atoms with Crippen LogP contribution in [0.25, 0.3) is 0 Å². The molecule has 6 heteroatoms. The average molecular weight is 323 g/mol. The van der Waals surface area contributed by atoms with Gasteiger partial charge in [0, 0.05) is 10.4 Å². The first-order chi connectivity index (χ1) is 8.74. The standard InChI is InChI=1S/C12H11BrN4S/c13-10-5-1-8(2-6-10)7-14-17-11(9-3-4-9)15-16-12(17)18/h1-2,5-7,9H,3-4H2,(H,16,18)/b14-7-. The molecule has 0 saturated heterocycles. The second-order valence-corrected chi connectivity index (χ2v) is 5.57. The van der Waals surface area contributed by atoms with E-state index < -0.39 is 0 Å². The molecule has 3 rings (SSSR count). The maximum absolute atomic E-state index is 5.18. The molecular formula is C12H11BrN4S. The molecule has 2 aromatic rings. The quantitative estimate of drug-likeness (QED) is 0.694. The van der Waals surface area contributed by atoms with Crippen molar-refractivity contribution < 1.29 is 0 Å². The summed E-state index contributed by atoms with van der Waals surface area (Å²) in [5.41, 5.74) is 1.03. The second kappa shape index (κ2) is 4.78. The molecular weight excluding hydrogens is 312 g/mol. The Morgan fingerprint density at radius 1 is 1.39 bits per heavy atom. The molecule has 1 saturated carbocycles. The summed E-state index contributed by atoms with van der Waals surface area (Å²) in [5, 5.41) is 11.4. The number of rotatable bonds is 3. The van der Waals surface area contributed by atoms with Gasteiger partial charge in [0.15, 0.2) is 5.82 Å². The van der Waals surface area contributed by atoms with Gasteiger partial charge in [-0.2, -0.15) is 14.9 Å². The molecule has 1 aromatic carbocycles. The molecule has 0 unspecified atom stereocenters. The zero-order valence-electron chi connectivity index (χ0n) is 9.51. The molecule has 0 spiro atoms. The van der Waals surface area contributed by atoms with Crippen molar-refractivity contribution in [2.24, 2.45) is 5.10 Å². The van der Waals surface area contributed by atoms with Crippen molar-refractivity contribution in [3.8, 4) is 0 Å². The van der Waals surface area contributed by atoms with Crippen LogP contribution in [0.3, 0.4) is 0 Å². The van der Waals surface area contributed by atoms with Gasteiger partial charge in [-0.25, -0.2) is 0 Å². The number of aromatic amines is 1. The largest absolute Gasteiger partial charge is 0.250 e. The Morgan fingerprint density at radius 2 is 2.11 bits per heavy atom. The van der Waals surface area contributed by atoms with E-state index in [4.69, 9.17) is 12.2 Å². The van der Waals surface area contributed by atoms with Crippen LogP contribution >= 0.6 is 28.1 Å². The smallest absolute Gasteiger partial charge is 0.216 e. The number of hydrogen-bond donors (Lipinski definition) is 1.